The Morgan fingerprint density at radius 3 is 1.62 bits per heavy atom. The van der Waals surface area contributed by atoms with Crippen molar-refractivity contribution in [2.75, 3.05) is 0 Å². The average Bonchev–Trinajstić information content (AvgIpc) is 2.32. The number of rotatable bonds is 1. The van der Waals surface area contributed by atoms with Crippen LogP contribution in [0.5, 0.6) is 0 Å². The van der Waals surface area contributed by atoms with Crippen LogP contribution in [0.3, 0.4) is 0 Å². The van der Waals surface area contributed by atoms with Gasteiger partial charge >= 0.3 is 0 Å². The summed E-state index contributed by atoms with van der Waals surface area (Å²) in [5.74, 6) is 0. The third-order valence-electron chi connectivity index (χ3n) is 5.12. The molecule has 1 nitrogen and oxygen atoms in total. The minimum absolute atomic E-state index is 0.707. The third kappa shape index (κ3) is 2.82. The molecule has 0 aromatic carbocycles. The van der Waals surface area contributed by atoms with Gasteiger partial charge in [-0.25, -0.2) is 0 Å². The molecule has 2 fully saturated rings. The second kappa shape index (κ2) is 6.09. The summed E-state index contributed by atoms with van der Waals surface area (Å²) in [4.78, 5) is 0. The van der Waals surface area contributed by atoms with E-state index < -0.39 is 0 Å². The van der Waals surface area contributed by atoms with Crippen molar-refractivity contribution >= 4 is 7.98 Å². The first-order valence-electron chi connectivity index (χ1n) is 7.55. The lowest BCUT2D eigenvalue weighted by atomic mass is 9.59. The van der Waals surface area contributed by atoms with Gasteiger partial charge in [-0.05, 0) is 31.1 Å². The summed E-state index contributed by atoms with van der Waals surface area (Å²) in [6.45, 7) is 0. The minimum atomic E-state index is 0.707. The Hall–Kier alpha value is 0.0249. The van der Waals surface area contributed by atoms with Crippen LogP contribution in [0.25, 0.3) is 0 Å². The fraction of sp³-hybridized carbons (Fsp3) is 1.00. The highest BCUT2D eigenvalue weighted by molar-refractivity contribution is 6.04. The molecular weight excluding hydrogens is 193 g/mol. The van der Waals surface area contributed by atoms with Gasteiger partial charge in [0.15, 0.2) is 7.98 Å². The lowest BCUT2D eigenvalue weighted by Crippen LogP contribution is -2.52. The summed E-state index contributed by atoms with van der Waals surface area (Å²) in [5, 5.41) is 3.56. The summed E-state index contributed by atoms with van der Waals surface area (Å²) in [6.07, 6.45) is 17.8. The Balaban J connectivity index is 1.88. The van der Waals surface area contributed by atoms with E-state index in [1.165, 1.54) is 77.0 Å². The second-order valence-electron chi connectivity index (χ2n) is 6.07. The van der Waals surface area contributed by atoms with Crippen molar-refractivity contribution in [3.05, 3.63) is 0 Å². The fourth-order valence-electron chi connectivity index (χ4n) is 3.89. The molecule has 0 radical (unpaired) electrons. The van der Waals surface area contributed by atoms with Crippen LogP contribution < -0.4 is 5.23 Å². The number of nitrogens with one attached hydrogen (secondary N) is 1. The van der Waals surface area contributed by atoms with Crippen LogP contribution in [0.2, 0.25) is 0 Å². The van der Waals surface area contributed by atoms with Gasteiger partial charge in [0.25, 0.3) is 0 Å². The molecule has 1 N–H and O–H groups in total. The maximum atomic E-state index is 3.56. The van der Waals surface area contributed by atoms with Crippen LogP contribution in [-0.4, -0.2) is 14.0 Å². The first-order valence-corrected chi connectivity index (χ1v) is 7.55. The van der Waals surface area contributed by atoms with Crippen LogP contribution in [0, 0.1) is 5.41 Å². The van der Waals surface area contributed by atoms with Crippen molar-refractivity contribution in [2.24, 2.45) is 5.41 Å². The minimum Gasteiger partial charge on any atom is -0.359 e. The quantitative estimate of drug-likeness (QED) is 0.670. The molecule has 0 aliphatic heterocycles. The van der Waals surface area contributed by atoms with E-state index in [-0.39, 0.29) is 0 Å². The molecule has 0 aromatic rings. The molecular formula is C14H28BN. The van der Waals surface area contributed by atoms with Gasteiger partial charge in [-0.2, -0.15) is 0 Å². The molecule has 2 aliphatic rings. The average molecular weight is 221 g/mol. The summed E-state index contributed by atoms with van der Waals surface area (Å²) in [7, 11) is 2.16. The van der Waals surface area contributed by atoms with E-state index in [0.717, 1.165) is 6.04 Å². The zero-order valence-electron chi connectivity index (χ0n) is 11.1. The summed E-state index contributed by atoms with van der Waals surface area (Å²) in [6, 6.07) is 0.841. The Kier molecular flexibility index (Phi) is 4.75. The first-order chi connectivity index (χ1) is 7.87. The van der Waals surface area contributed by atoms with Crippen molar-refractivity contribution in [1.82, 2.24) is 5.23 Å². The Morgan fingerprint density at radius 1 is 0.750 bits per heavy atom. The predicted molar refractivity (Wildman–Crippen MR) is 73.3 cm³/mol. The second-order valence-corrected chi connectivity index (χ2v) is 6.07. The van der Waals surface area contributed by atoms with Crippen LogP contribution in [0.4, 0.5) is 0 Å². The van der Waals surface area contributed by atoms with Crippen LogP contribution in [0.1, 0.15) is 77.0 Å². The van der Waals surface area contributed by atoms with E-state index in [0.29, 0.717) is 5.41 Å². The normalized spacial score (nSPS) is 31.6. The molecule has 2 rings (SSSR count). The molecule has 0 amide bonds. The molecule has 0 bridgehead atoms. The maximum Gasteiger partial charge on any atom is 0.182 e. The smallest absolute Gasteiger partial charge is 0.182 e. The fourth-order valence-corrected chi connectivity index (χ4v) is 3.89. The summed E-state index contributed by atoms with van der Waals surface area (Å²) in [5.41, 5.74) is 0.707. The molecule has 0 saturated heterocycles. The van der Waals surface area contributed by atoms with Crippen LogP contribution >= 0.6 is 0 Å². The number of hydrogen-bond acceptors (Lipinski definition) is 1. The molecule has 1 atom stereocenters. The van der Waals surface area contributed by atoms with Crippen LogP contribution in [0.15, 0.2) is 0 Å². The molecule has 2 aliphatic carbocycles. The highest BCUT2D eigenvalue weighted by atomic mass is 14.9. The summed E-state index contributed by atoms with van der Waals surface area (Å²) < 4.78 is 0. The van der Waals surface area contributed by atoms with Gasteiger partial charge in [-0.1, -0.05) is 51.4 Å². The van der Waals surface area contributed by atoms with Gasteiger partial charge in [0, 0.05) is 6.04 Å². The zero-order chi connectivity index (χ0) is 11.3. The van der Waals surface area contributed by atoms with Crippen molar-refractivity contribution in [2.45, 2.75) is 83.1 Å². The maximum absolute atomic E-state index is 3.56. The zero-order valence-corrected chi connectivity index (χ0v) is 11.1. The van der Waals surface area contributed by atoms with E-state index >= 15 is 0 Å². The molecule has 2 saturated carbocycles. The van der Waals surface area contributed by atoms with Gasteiger partial charge in [-0.15, -0.1) is 0 Å². The standard InChI is InChI=1S/C14H28BN/c15-16-13-9-12-14(13)10-7-5-3-1-2-4-6-8-11-14/h13,16H,1-12,15H2. The predicted octanol–water partition coefficient (Wildman–Crippen LogP) is 3.19. The topological polar surface area (TPSA) is 12.0 Å². The van der Waals surface area contributed by atoms with Crippen molar-refractivity contribution in [3.8, 4) is 0 Å². The lowest BCUT2D eigenvalue weighted by Gasteiger charge is -2.51. The van der Waals surface area contributed by atoms with Gasteiger partial charge in [0.05, 0.1) is 0 Å². The van der Waals surface area contributed by atoms with Crippen LogP contribution in [-0.2, 0) is 0 Å². The lowest BCUT2D eigenvalue weighted by molar-refractivity contribution is 0.0536. The first kappa shape index (κ1) is 12.5. The number of hydrogen-bond donors (Lipinski definition) is 1. The summed E-state index contributed by atoms with van der Waals surface area (Å²) >= 11 is 0. The Morgan fingerprint density at radius 2 is 1.25 bits per heavy atom. The molecule has 92 valence electrons. The van der Waals surface area contributed by atoms with Gasteiger partial charge in [0.2, 0.25) is 0 Å². The van der Waals surface area contributed by atoms with E-state index in [1.54, 1.807) is 0 Å². The van der Waals surface area contributed by atoms with E-state index in [1.807, 2.05) is 0 Å². The van der Waals surface area contributed by atoms with E-state index in [2.05, 4.69) is 13.2 Å². The van der Waals surface area contributed by atoms with Gasteiger partial charge in [0.1, 0.15) is 0 Å². The molecule has 1 spiro atoms. The highest BCUT2D eigenvalue weighted by Crippen LogP contribution is 2.49. The molecule has 1 unspecified atom stereocenters. The molecule has 0 aromatic heterocycles. The van der Waals surface area contributed by atoms with Crippen molar-refractivity contribution in [3.63, 3.8) is 0 Å². The third-order valence-corrected chi connectivity index (χ3v) is 5.12. The largest absolute Gasteiger partial charge is 0.359 e. The Bertz CT molecular complexity index is 191. The Labute approximate surface area is 102 Å². The van der Waals surface area contributed by atoms with Crippen molar-refractivity contribution in [1.29, 1.82) is 0 Å². The SMILES string of the molecule is BNC1CCC12CCCCCCCCCC2. The monoisotopic (exact) mass is 221 g/mol. The van der Waals surface area contributed by atoms with E-state index in [9.17, 15) is 0 Å². The molecule has 16 heavy (non-hydrogen) atoms. The van der Waals surface area contributed by atoms with Gasteiger partial charge < -0.3 is 5.23 Å². The van der Waals surface area contributed by atoms with Crippen molar-refractivity contribution < 1.29 is 0 Å². The van der Waals surface area contributed by atoms with E-state index in [4.69, 9.17) is 0 Å². The highest BCUT2D eigenvalue weighted by Gasteiger charge is 2.44. The van der Waals surface area contributed by atoms with Gasteiger partial charge in [-0.3, -0.25) is 0 Å². The molecule has 0 heterocycles. The molecule has 2 heteroatoms.